The zero-order valence-electron chi connectivity index (χ0n) is 16.8. The molecule has 1 aliphatic rings. The summed E-state index contributed by atoms with van der Waals surface area (Å²) in [5, 5.41) is 13.6. The molecule has 7 heteroatoms. The first-order valence-electron chi connectivity index (χ1n) is 10.2. The van der Waals surface area contributed by atoms with E-state index in [0.29, 0.717) is 25.0 Å². The van der Waals surface area contributed by atoms with E-state index in [1.54, 1.807) is 7.11 Å². The Morgan fingerprint density at radius 2 is 1.90 bits per heavy atom. The van der Waals surface area contributed by atoms with E-state index in [2.05, 4.69) is 32.7 Å². The van der Waals surface area contributed by atoms with Crippen LogP contribution in [0.5, 0.6) is 0 Å². The standard InChI is InChI=1S/C22H29BrN2O4/c1-28-12-11-19-21(18-5-3-2-4-6-18)22(23)25(24-19)13-16-7-9-17(10-8-16)14-29-15-20(26)27/h2-6,16-17H,7-15H2,1H3,(H,26,27)/t16-,17-. The highest BCUT2D eigenvalue weighted by Gasteiger charge is 2.24. The topological polar surface area (TPSA) is 73.6 Å². The van der Waals surface area contributed by atoms with Crippen molar-refractivity contribution in [2.24, 2.45) is 11.8 Å². The number of rotatable bonds is 10. The molecule has 0 atom stereocenters. The lowest BCUT2D eigenvalue weighted by Gasteiger charge is -2.28. The molecule has 1 aromatic heterocycles. The minimum atomic E-state index is -0.902. The number of ether oxygens (including phenoxy) is 2. The summed E-state index contributed by atoms with van der Waals surface area (Å²) in [5.41, 5.74) is 3.37. The molecule has 0 bridgehead atoms. The molecular formula is C22H29BrN2O4. The third kappa shape index (κ3) is 6.14. The van der Waals surface area contributed by atoms with Crippen molar-refractivity contribution in [1.82, 2.24) is 9.78 Å². The molecule has 0 saturated heterocycles. The molecule has 158 valence electrons. The summed E-state index contributed by atoms with van der Waals surface area (Å²) in [6, 6.07) is 10.4. The first-order chi connectivity index (χ1) is 14.1. The normalized spacial score (nSPS) is 19.4. The number of nitrogens with zero attached hydrogens (tertiary/aromatic N) is 2. The Bertz CT molecular complexity index is 786. The van der Waals surface area contributed by atoms with Gasteiger partial charge in [0.2, 0.25) is 0 Å². The number of hydrogen-bond donors (Lipinski definition) is 1. The Morgan fingerprint density at radius 1 is 1.21 bits per heavy atom. The highest BCUT2D eigenvalue weighted by molar-refractivity contribution is 9.10. The monoisotopic (exact) mass is 464 g/mol. The van der Waals surface area contributed by atoms with Crippen LogP contribution < -0.4 is 0 Å². The molecule has 0 spiro atoms. The molecular weight excluding hydrogens is 436 g/mol. The van der Waals surface area contributed by atoms with Crippen molar-refractivity contribution in [3.05, 3.63) is 40.6 Å². The molecule has 0 radical (unpaired) electrons. The minimum Gasteiger partial charge on any atom is -0.480 e. The van der Waals surface area contributed by atoms with Crippen LogP contribution in [0.25, 0.3) is 11.1 Å². The smallest absolute Gasteiger partial charge is 0.329 e. The summed E-state index contributed by atoms with van der Waals surface area (Å²) in [6.07, 6.45) is 5.15. The second-order valence-electron chi connectivity index (χ2n) is 7.70. The van der Waals surface area contributed by atoms with Gasteiger partial charge in [-0.15, -0.1) is 0 Å². The van der Waals surface area contributed by atoms with Crippen molar-refractivity contribution in [2.45, 2.75) is 38.6 Å². The number of aromatic nitrogens is 2. The summed E-state index contributed by atoms with van der Waals surface area (Å²) in [6.45, 7) is 1.87. The maximum atomic E-state index is 10.6. The summed E-state index contributed by atoms with van der Waals surface area (Å²) in [5.74, 6) is 0.130. The second kappa shape index (κ2) is 10.9. The Labute approximate surface area is 180 Å². The van der Waals surface area contributed by atoms with Gasteiger partial charge in [0.15, 0.2) is 0 Å². The number of methoxy groups -OCH3 is 1. The summed E-state index contributed by atoms with van der Waals surface area (Å²) < 4.78 is 13.7. The molecule has 1 aromatic carbocycles. The first kappa shape index (κ1) is 22.0. The molecule has 1 aliphatic carbocycles. The average molecular weight is 465 g/mol. The molecule has 1 heterocycles. The van der Waals surface area contributed by atoms with Crippen LogP contribution in [0.2, 0.25) is 0 Å². The number of carboxylic acid groups (broad SMARTS) is 1. The fraction of sp³-hybridized carbons (Fsp3) is 0.545. The Kier molecular flexibility index (Phi) is 8.27. The lowest BCUT2D eigenvalue weighted by Crippen LogP contribution is -2.23. The van der Waals surface area contributed by atoms with Crippen LogP contribution >= 0.6 is 15.9 Å². The molecule has 6 nitrogen and oxygen atoms in total. The van der Waals surface area contributed by atoms with Gasteiger partial charge in [-0.1, -0.05) is 30.3 Å². The molecule has 29 heavy (non-hydrogen) atoms. The van der Waals surface area contributed by atoms with Crippen LogP contribution in [0.15, 0.2) is 34.9 Å². The van der Waals surface area contributed by atoms with Crippen LogP contribution in [0.4, 0.5) is 0 Å². The van der Waals surface area contributed by atoms with Crippen LogP contribution in [0.1, 0.15) is 31.4 Å². The van der Waals surface area contributed by atoms with Crippen LogP contribution in [0.3, 0.4) is 0 Å². The largest absolute Gasteiger partial charge is 0.480 e. The van der Waals surface area contributed by atoms with Gasteiger partial charge >= 0.3 is 5.97 Å². The number of benzene rings is 1. The SMILES string of the molecule is COCCc1nn(C[C@H]2CC[C@H](COCC(=O)O)CC2)c(Br)c1-c1ccccc1. The van der Waals surface area contributed by atoms with Gasteiger partial charge in [-0.25, -0.2) is 4.79 Å². The van der Waals surface area contributed by atoms with E-state index < -0.39 is 5.97 Å². The van der Waals surface area contributed by atoms with Gasteiger partial charge in [-0.2, -0.15) is 5.10 Å². The Balaban J connectivity index is 1.64. The Hall–Kier alpha value is -1.70. The quantitative estimate of drug-likeness (QED) is 0.563. The minimum absolute atomic E-state index is 0.202. The van der Waals surface area contributed by atoms with Gasteiger partial charge in [-0.3, -0.25) is 4.68 Å². The fourth-order valence-electron chi connectivity index (χ4n) is 4.01. The van der Waals surface area contributed by atoms with E-state index in [0.717, 1.165) is 60.1 Å². The Morgan fingerprint density at radius 3 is 2.55 bits per heavy atom. The zero-order valence-corrected chi connectivity index (χ0v) is 18.4. The summed E-state index contributed by atoms with van der Waals surface area (Å²) >= 11 is 3.80. The number of aliphatic carboxylic acids is 1. The van der Waals surface area contributed by atoms with E-state index in [1.165, 1.54) is 0 Å². The van der Waals surface area contributed by atoms with Crippen molar-refractivity contribution in [1.29, 1.82) is 0 Å². The molecule has 1 fully saturated rings. The van der Waals surface area contributed by atoms with Gasteiger partial charge in [0.1, 0.15) is 11.2 Å². The van der Waals surface area contributed by atoms with E-state index in [1.807, 2.05) is 18.2 Å². The molecule has 1 N–H and O–H groups in total. The average Bonchev–Trinajstić information content (AvgIpc) is 3.03. The third-order valence-electron chi connectivity index (χ3n) is 5.54. The van der Waals surface area contributed by atoms with E-state index >= 15 is 0 Å². The molecule has 1 saturated carbocycles. The molecule has 3 rings (SSSR count). The highest BCUT2D eigenvalue weighted by atomic mass is 79.9. The predicted molar refractivity (Wildman–Crippen MR) is 115 cm³/mol. The number of hydrogen-bond acceptors (Lipinski definition) is 4. The van der Waals surface area contributed by atoms with E-state index in [-0.39, 0.29) is 6.61 Å². The van der Waals surface area contributed by atoms with E-state index in [4.69, 9.17) is 19.7 Å². The number of carboxylic acids is 1. The second-order valence-corrected chi connectivity index (χ2v) is 8.45. The number of halogens is 1. The van der Waals surface area contributed by atoms with Crippen molar-refractivity contribution in [3.8, 4) is 11.1 Å². The number of carbonyl (C=O) groups is 1. The zero-order chi connectivity index (χ0) is 20.6. The maximum Gasteiger partial charge on any atom is 0.329 e. The fourth-order valence-corrected chi connectivity index (χ4v) is 4.69. The molecule has 0 amide bonds. The van der Waals surface area contributed by atoms with Crippen LogP contribution in [-0.4, -0.2) is 47.8 Å². The van der Waals surface area contributed by atoms with Crippen LogP contribution in [-0.2, 0) is 27.2 Å². The molecule has 0 aliphatic heterocycles. The lowest BCUT2D eigenvalue weighted by atomic mass is 9.82. The summed E-state index contributed by atoms with van der Waals surface area (Å²) in [4.78, 5) is 10.6. The van der Waals surface area contributed by atoms with Gasteiger partial charge < -0.3 is 14.6 Å². The van der Waals surface area contributed by atoms with Gasteiger partial charge in [0.25, 0.3) is 0 Å². The van der Waals surface area contributed by atoms with Crippen molar-refractivity contribution in [2.75, 3.05) is 26.9 Å². The highest BCUT2D eigenvalue weighted by Crippen LogP contribution is 2.35. The van der Waals surface area contributed by atoms with E-state index in [9.17, 15) is 4.79 Å². The molecule has 2 aromatic rings. The lowest BCUT2D eigenvalue weighted by molar-refractivity contribution is -0.142. The van der Waals surface area contributed by atoms with Gasteiger partial charge in [0.05, 0.1) is 18.9 Å². The third-order valence-corrected chi connectivity index (χ3v) is 6.35. The van der Waals surface area contributed by atoms with Crippen molar-refractivity contribution in [3.63, 3.8) is 0 Å². The summed E-state index contributed by atoms with van der Waals surface area (Å²) in [7, 11) is 1.72. The van der Waals surface area contributed by atoms with Crippen molar-refractivity contribution < 1.29 is 19.4 Å². The molecule has 0 unspecified atom stereocenters. The predicted octanol–water partition coefficient (Wildman–Crippen LogP) is 4.41. The van der Waals surface area contributed by atoms with Crippen LogP contribution in [0, 0.1) is 11.8 Å². The van der Waals surface area contributed by atoms with Crippen molar-refractivity contribution >= 4 is 21.9 Å². The maximum absolute atomic E-state index is 10.6. The van der Waals surface area contributed by atoms with Gasteiger partial charge in [-0.05, 0) is 59.0 Å². The van der Waals surface area contributed by atoms with Gasteiger partial charge in [0, 0.05) is 25.6 Å². The first-order valence-corrected chi connectivity index (χ1v) is 11.0.